The molecule has 0 saturated carbocycles. The zero-order valence-electron chi connectivity index (χ0n) is 8.65. The van der Waals surface area contributed by atoms with E-state index in [-0.39, 0.29) is 18.4 Å². The number of nitrogens with two attached hydrogens (primary N) is 1. The molecule has 0 bridgehead atoms. The Morgan fingerprint density at radius 2 is 2.43 bits per heavy atom. The third-order valence-corrected chi connectivity index (χ3v) is 2.13. The van der Waals surface area contributed by atoms with E-state index in [0.717, 1.165) is 11.4 Å². The molecule has 1 rings (SSSR count). The van der Waals surface area contributed by atoms with Gasteiger partial charge in [0.2, 0.25) is 0 Å². The van der Waals surface area contributed by atoms with Crippen molar-refractivity contribution in [2.75, 3.05) is 7.11 Å². The summed E-state index contributed by atoms with van der Waals surface area (Å²) in [6.45, 7) is 1.93. The van der Waals surface area contributed by atoms with E-state index < -0.39 is 0 Å². The predicted octanol–water partition coefficient (Wildman–Crippen LogP) is 0.291. The van der Waals surface area contributed by atoms with Crippen LogP contribution in [-0.2, 0) is 16.6 Å². The van der Waals surface area contributed by atoms with Crippen molar-refractivity contribution in [2.24, 2.45) is 12.8 Å². The van der Waals surface area contributed by atoms with Crippen molar-refractivity contribution in [3.8, 4) is 0 Å². The van der Waals surface area contributed by atoms with E-state index in [1.165, 1.54) is 7.11 Å². The maximum atomic E-state index is 11.0. The lowest BCUT2D eigenvalue weighted by Crippen LogP contribution is -2.17. The van der Waals surface area contributed by atoms with Crippen LogP contribution in [0, 0.1) is 6.92 Å². The quantitative estimate of drug-likeness (QED) is 0.707. The first-order valence-corrected chi connectivity index (χ1v) is 4.37. The Balaban J connectivity index is 2.69. The second-order valence-corrected chi connectivity index (χ2v) is 3.22. The summed E-state index contributed by atoms with van der Waals surface area (Å²) >= 11 is 0. The monoisotopic (exact) mass is 197 g/mol. The van der Waals surface area contributed by atoms with E-state index >= 15 is 0 Å². The standard InChI is InChI=1S/C9H15N3O2/c1-6-4-8(11-12(6)2)7(10)5-9(13)14-3/h4,7H,5,10H2,1-3H3/t7-/m0/s1. The van der Waals surface area contributed by atoms with Gasteiger partial charge in [-0.3, -0.25) is 9.48 Å². The fraction of sp³-hybridized carbons (Fsp3) is 0.556. The molecule has 1 atom stereocenters. The van der Waals surface area contributed by atoms with Crippen molar-refractivity contribution in [3.05, 3.63) is 17.5 Å². The highest BCUT2D eigenvalue weighted by molar-refractivity contribution is 5.70. The molecule has 0 saturated heterocycles. The van der Waals surface area contributed by atoms with Crippen molar-refractivity contribution >= 4 is 5.97 Å². The van der Waals surface area contributed by atoms with Gasteiger partial charge in [0.05, 0.1) is 25.3 Å². The second-order valence-electron chi connectivity index (χ2n) is 3.22. The van der Waals surface area contributed by atoms with E-state index in [0.29, 0.717) is 0 Å². The third kappa shape index (κ3) is 2.32. The number of aromatic nitrogens is 2. The van der Waals surface area contributed by atoms with Crippen LogP contribution in [0.5, 0.6) is 0 Å². The smallest absolute Gasteiger partial charge is 0.307 e. The normalized spacial score (nSPS) is 12.6. The summed E-state index contributed by atoms with van der Waals surface area (Å²) in [5.41, 5.74) is 7.51. The van der Waals surface area contributed by atoms with E-state index in [9.17, 15) is 4.79 Å². The number of nitrogens with zero attached hydrogens (tertiary/aromatic N) is 2. The maximum absolute atomic E-state index is 11.0. The minimum atomic E-state index is -0.387. The Bertz CT molecular complexity index is 313. The molecule has 2 N–H and O–H groups in total. The van der Waals surface area contributed by atoms with Crippen LogP contribution in [0.2, 0.25) is 0 Å². The van der Waals surface area contributed by atoms with Gasteiger partial charge in [-0.15, -0.1) is 0 Å². The van der Waals surface area contributed by atoms with Gasteiger partial charge >= 0.3 is 5.97 Å². The minimum absolute atomic E-state index is 0.160. The molecule has 0 amide bonds. The lowest BCUT2D eigenvalue weighted by Gasteiger charge is -2.05. The van der Waals surface area contributed by atoms with Gasteiger partial charge in [0.1, 0.15) is 0 Å². The first-order chi connectivity index (χ1) is 6.54. The average molecular weight is 197 g/mol. The highest BCUT2D eigenvalue weighted by Gasteiger charge is 2.15. The fourth-order valence-electron chi connectivity index (χ4n) is 1.14. The van der Waals surface area contributed by atoms with Crippen molar-refractivity contribution in [3.63, 3.8) is 0 Å². The summed E-state index contributed by atoms with van der Waals surface area (Å²) in [6.07, 6.45) is 0.160. The number of hydrogen-bond acceptors (Lipinski definition) is 4. The fourth-order valence-corrected chi connectivity index (χ4v) is 1.14. The molecule has 0 aliphatic rings. The molecule has 1 heterocycles. The van der Waals surface area contributed by atoms with Crippen LogP contribution in [0.15, 0.2) is 6.07 Å². The molecule has 5 heteroatoms. The van der Waals surface area contributed by atoms with Gasteiger partial charge in [-0.1, -0.05) is 0 Å². The summed E-state index contributed by atoms with van der Waals surface area (Å²) in [6, 6.07) is 1.48. The van der Waals surface area contributed by atoms with Crippen LogP contribution in [0.4, 0.5) is 0 Å². The summed E-state index contributed by atoms with van der Waals surface area (Å²) in [5, 5.41) is 4.18. The largest absolute Gasteiger partial charge is 0.469 e. The second kappa shape index (κ2) is 4.23. The summed E-state index contributed by atoms with van der Waals surface area (Å²) < 4.78 is 6.25. The number of esters is 1. The SMILES string of the molecule is COC(=O)C[C@H](N)c1cc(C)n(C)n1. The van der Waals surface area contributed by atoms with Crippen LogP contribution in [-0.4, -0.2) is 22.9 Å². The molecule has 0 aliphatic carbocycles. The molecule has 14 heavy (non-hydrogen) atoms. The van der Waals surface area contributed by atoms with Crippen molar-refractivity contribution in [2.45, 2.75) is 19.4 Å². The molecule has 0 unspecified atom stereocenters. The van der Waals surface area contributed by atoms with E-state index in [4.69, 9.17) is 5.73 Å². The third-order valence-electron chi connectivity index (χ3n) is 2.13. The zero-order chi connectivity index (χ0) is 10.7. The Hall–Kier alpha value is -1.36. The minimum Gasteiger partial charge on any atom is -0.469 e. The molecule has 1 aromatic rings. The van der Waals surface area contributed by atoms with E-state index in [1.807, 2.05) is 20.0 Å². The molecular weight excluding hydrogens is 182 g/mol. The molecule has 0 fully saturated rings. The predicted molar refractivity (Wildman–Crippen MR) is 51.5 cm³/mol. The zero-order valence-corrected chi connectivity index (χ0v) is 8.65. The lowest BCUT2D eigenvalue weighted by molar-refractivity contribution is -0.141. The van der Waals surface area contributed by atoms with Crippen molar-refractivity contribution in [1.29, 1.82) is 0 Å². The van der Waals surface area contributed by atoms with Crippen molar-refractivity contribution < 1.29 is 9.53 Å². The van der Waals surface area contributed by atoms with Gasteiger partial charge in [0, 0.05) is 12.7 Å². The van der Waals surface area contributed by atoms with Gasteiger partial charge < -0.3 is 10.5 Å². The number of aryl methyl sites for hydroxylation is 2. The number of hydrogen-bond donors (Lipinski definition) is 1. The number of rotatable bonds is 3. The van der Waals surface area contributed by atoms with Crippen LogP contribution >= 0.6 is 0 Å². The van der Waals surface area contributed by atoms with Crippen LogP contribution in [0.25, 0.3) is 0 Å². The topological polar surface area (TPSA) is 70.1 Å². The van der Waals surface area contributed by atoms with Gasteiger partial charge in [0.25, 0.3) is 0 Å². The van der Waals surface area contributed by atoms with Gasteiger partial charge in [-0.2, -0.15) is 5.10 Å². The molecule has 5 nitrogen and oxygen atoms in total. The molecule has 1 aromatic heterocycles. The first-order valence-electron chi connectivity index (χ1n) is 4.37. The summed E-state index contributed by atoms with van der Waals surface area (Å²) in [4.78, 5) is 11.0. The maximum Gasteiger partial charge on any atom is 0.307 e. The average Bonchev–Trinajstić information content (AvgIpc) is 2.47. The Kier molecular flexibility index (Phi) is 3.24. The lowest BCUT2D eigenvalue weighted by atomic mass is 10.1. The number of ether oxygens (including phenoxy) is 1. The number of carbonyl (C=O) groups is 1. The Morgan fingerprint density at radius 1 is 1.79 bits per heavy atom. The molecule has 0 radical (unpaired) electrons. The highest BCUT2D eigenvalue weighted by atomic mass is 16.5. The molecule has 0 spiro atoms. The van der Waals surface area contributed by atoms with E-state index in [1.54, 1.807) is 4.68 Å². The molecular formula is C9H15N3O2. The van der Waals surface area contributed by atoms with Crippen LogP contribution < -0.4 is 5.73 Å². The molecule has 0 aliphatic heterocycles. The summed E-state index contributed by atoms with van der Waals surface area (Å²) in [5.74, 6) is -0.319. The van der Waals surface area contributed by atoms with Gasteiger partial charge in [-0.25, -0.2) is 0 Å². The number of carbonyl (C=O) groups excluding carboxylic acids is 1. The Labute approximate surface area is 82.8 Å². The van der Waals surface area contributed by atoms with E-state index in [2.05, 4.69) is 9.84 Å². The molecule has 0 aromatic carbocycles. The van der Waals surface area contributed by atoms with Crippen molar-refractivity contribution in [1.82, 2.24) is 9.78 Å². The van der Waals surface area contributed by atoms with Crippen LogP contribution in [0.1, 0.15) is 23.9 Å². The van der Waals surface area contributed by atoms with Gasteiger partial charge in [-0.05, 0) is 13.0 Å². The Morgan fingerprint density at radius 3 is 2.86 bits per heavy atom. The first kappa shape index (κ1) is 10.7. The van der Waals surface area contributed by atoms with Crippen LogP contribution in [0.3, 0.4) is 0 Å². The van der Waals surface area contributed by atoms with Gasteiger partial charge in [0.15, 0.2) is 0 Å². The number of methoxy groups -OCH3 is 1. The summed E-state index contributed by atoms with van der Waals surface area (Å²) in [7, 11) is 3.18. The highest BCUT2D eigenvalue weighted by Crippen LogP contribution is 2.13. The molecule has 78 valence electrons.